The van der Waals surface area contributed by atoms with E-state index < -0.39 is 0 Å². The molecule has 1 aromatic rings. The van der Waals surface area contributed by atoms with Gasteiger partial charge in [-0.1, -0.05) is 19.1 Å². The maximum Gasteiger partial charge on any atom is 0.136 e. The average molecular weight is 246 g/mol. The first kappa shape index (κ1) is 13.1. The molecule has 0 bridgehead atoms. The highest BCUT2D eigenvalue weighted by molar-refractivity contribution is 5.80. The monoisotopic (exact) mass is 246 g/mol. The molecule has 0 aliphatic carbocycles. The molecule has 2 rings (SSSR count). The molecule has 1 saturated heterocycles. The van der Waals surface area contributed by atoms with Crippen LogP contribution in [0.5, 0.6) is 0 Å². The van der Waals surface area contributed by atoms with Crippen molar-refractivity contribution < 1.29 is 4.79 Å². The molecule has 98 valence electrons. The molecule has 1 aliphatic heterocycles. The second-order valence-corrected chi connectivity index (χ2v) is 4.83. The SMILES string of the molecule is CCC(=O)Cc1ccc(N2CCCNCC2)cc1. The van der Waals surface area contributed by atoms with E-state index in [1.54, 1.807) is 0 Å². The number of nitrogens with one attached hydrogen (secondary N) is 1. The van der Waals surface area contributed by atoms with Gasteiger partial charge in [0.25, 0.3) is 0 Å². The Labute approximate surface area is 109 Å². The Morgan fingerprint density at radius 3 is 2.72 bits per heavy atom. The van der Waals surface area contributed by atoms with Gasteiger partial charge in [0.1, 0.15) is 5.78 Å². The fourth-order valence-electron chi connectivity index (χ4n) is 2.28. The molecule has 1 fully saturated rings. The Bertz CT molecular complexity index is 378. The van der Waals surface area contributed by atoms with E-state index in [-0.39, 0.29) is 0 Å². The lowest BCUT2D eigenvalue weighted by Gasteiger charge is -2.22. The van der Waals surface area contributed by atoms with Crippen LogP contribution in [-0.2, 0) is 11.2 Å². The zero-order valence-electron chi connectivity index (χ0n) is 11.1. The molecule has 1 N–H and O–H groups in total. The second-order valence-electron chi connectivity index (χ2n) is 4.83. The molecular formula is C15H22N2O. The summed E-state index contributed by atoms with van der Waals surface area (Å²) in [4.78, 5) is 13.8. The summed E-state index contributed by atoms with van der Waals surface area (Å²) in [6, 6.07) is 8.45. The van der Waals surface area contributed by atoms with Crippen LogP contribution in [0.4, 0.5) is 5.69 Å². The number of rotatable bonds is 4. The van der Waals surface area contributed by atoms with Gasteiger partial charge in [0.2, 0.25) is 0 Å². The third kappa shape index (κ3) is 3.57. The zero-order chi connectivity index (χ0) is 12.8. The molecule has 1 aromatic carbocycles. The smallest absolute Gasteiger partial charge is 0.136 e. The van der Waals surface area contributed by atoms with Crippen molar-refractivity contribution in [2.75, 3.05) is 31.1 Å². The molecule has 3 nitrogen and oxygen atoms in total. The molecule has 0 aromatic heterocycles. The number of anilines is 1. The van der Waals surface area contributed by atoms with Crippen molar-refractivity contribution in [1.82, 2.24) is 5.32 Å². The Morgan fingerprint density at radius 2 is 2.00 bits per heavy atom. The molecule has 0 spiro atoms. The van der Waals surface area contributed by atoms with Gasteiger partial charge >= 0.3 is 0 Å². The Kier molecular flexibility index (Phi) is 4.76. The quantitative estimate of drug-likeness (QED) is 0.882. The summed E-state index contributed by atoms with van der Waals surface area (Å²) < 4.78 is 0. The van der Waals surface area contributed by atoms with E-state index in [2.05, 4.69) is 34.5 Å². The number of carbonyl (C=O) groups is 1. The fraction of sp³-hybridized carbons (Fsp3) is 0.533. The van der Waals surface area contributed by atoms with Crippen molar-refractivity contribution in [3.8, 4) is 0 Å². The summed E-state index contributed by atoms with van der Waals surface area (Å²) in [5.41, 5.74) is 2.39. The van der Waals surface area contributed by atoms with E-state index >= 15 is 0 Å². The van der Waals surface area contributed by atoms with Gasteiger partial charge in [-0.2, -0.15) is 0 Å². The van der Waals surface area contributed by atoms with Gasteiger partial charge in [0.05, 0.1) is 0 Å². The van der Waals surface area contributed by atoms with E-state index in [0.29, 0.717) is 18.6 Å². The minimum Gasteiger partial charge on any atom is -0.370 e. The minimum absolute atomic E-state index is 0.307. The van der Waals surface area contributed by atoms with Gasteiger partial charge in [-0.15, -0.1) is 0 Å². The molecule has 0 radical (unpaired) electrons. The maximum absolute atomic E-state index is 11.4. The average Bonchev–Trinajstić information content (AvgIpc) is 2.68. The number of ketones is 1. The van der Waals surface area contributed by atoms with Crippen LogP contribution in [-0.4, -0.2) is 32.0 Å². The molecule has 18 heavy (non-hydrogen) atoms. The summed E-state index contributed by atoms with van der Waals surface area (Å²) >= 11 is 0. The molecular weight excluding hydrogens is 224 g/mol. The number of hydrogen-bond acceptors (Lipinski definition) is 3. The Morgan fingerprint density at radius 1 is 1.22 bits per heavy atom. The van der Waals surface area contributed by atoms with Crippen LogP contribution < -0.4 is 10.2 Å². The van der Waals surface area contributed by atoms with Crippen LogP contribution in [0.15, 0.2) is 24.3 Å². The van der Waals surface area contributed by atoms with Crippen molar-refractivity contribution in [3.05, 3.63) is 29.8 Å². The molecule has 0 unspecified atom stereocenters. The number of benzene rings is 1. The van der Waals surface area contributed by atoms with Crippen LogP contribution in [0.3, 0.4) is 0 Å². The van der Waals surface area contributed by atoms with Gasteiger partial charge in [-0.25, -0.2) is 0 Å². The first-order chi connectivity index (χ1) is 8.79. The highest BCUT2D eigenvalue weighted by Crippen LogP contribution is 2.16. The van der Waals surface area contributed by atoms with Gasteiger partial charge < -0.3 is 10.2 Å². The lowest BCUT2D eigenvalue weighted by molar-refractivity contribution is -0.118. The normalized spacial score (nSPS) is 16.4. The van der Waals surface area contributed by atoms with Crippen molar-refractivity contribution >= 4 is 11.5 Å². The number of nitrogens with zero attached hydrogens (tertiary/aromatic N) is 1. The lowest BCUT2D eigenvalue weighted by atomic mass is 10.1. The largest absolute Gasteiger partial charge is 0.370 e. The number of Topliss-reactive ketones (excluding diaryl/α,β-unsaturated/α-hetero) is 1. The first-order valence-corrected chi connectivity index (χ1v) is 6.86. The molecule has 0 amide bonds. The first-order valence-electron chi connectivity index (χ1n) is 6.86. The van der Waals surface area contributed by atoms with Crippen molar-refractivity contribution in [1.29, 1.82) is 0 Å². The molecule has 0 atom stereocenters. The lowest BCUT2D eigenvalue weighted by Crippen LogP contribution is -2.27. The van der Waals surface area contributed by atoms with Gasteiger partial charge in [-0.05, 0) is 30.7 Å². The van der Waals surface area contributed by atoms with Gasteiger partial charge in [-0.3, -0.25) is 4.79 Å². The topological polar surface area (TPSA) is 32.3 Å². The van der Waals surface area contributed by atoms with Gasteiger partial charge in [0, 0.05) is 38.2 Å². The standard InChI is InChI=1S/C15H22N2O/c1-2-15(18)12-13-4-6-14(7-5-13)17-10-3-8-16-9-11-17/h4-7,16H,2-3,8-12H2,1H3. The van der Waals surface area contributed by atoms with Crippen molar-refractivity contribution in [2.24, 2.45) is 0 Å². The molecule has 1 heterocycles. The highest BCUT2D eigenvalue weighted by atomic mass is 16.1. The summed E-state index contributed by atoms with van der Waals surface area (Å²) in [6.45, 7) is 6.25. The fourth-order valence-corrected chi connectivity index (χ4v) is 2.28. The van der Waals surface area contributed by atoms with E-state index in [9.17, 15) is 4.79 Å². The van der Waals surface area contributed by atoms with E-state index in [4.69, 9.17) is 0 Å². The second kappa shape index (κ2) is 6.55. The molecule has 1 aliphatic rings. The molecule has 3 heteroatoms. The summed E-state index contributed by atoms with van der Waals surface area (Å²) in [5.74, 6) is 0.307. The van der Waals surface area contributed by atoms with Crippen LogP contribution in [0.1, 0.15) is 25.3 Å². The predicted octanol–water partition coefficient (Wildman–Crippen LogP) is 2.01. The number of hydrogen-bond donors (Lipinski definition) is 1. The third-order valence-corrected chi connectivity index (χ3v) is 3.44. The van der Waals surface area contributed by atoms with Gasteiger partial charge in [0.15, 0.2) is 0 Å². The summed E-state index contributed by atoms with van der Waals surface area (Å²) in [6.07, 6.45) is 2.38. The summed E-state index contributed by atoms with van der Waals surface area (Å²) in [7, 11) is 0. The predicted molar refractivity (Wildman–Crippen MR) is 75.1 cm³/mol. The maximum atomic E-state index is 11.4. The molecule has 0 saturated carbocycles. The number of carbonyl (C=O) groups excluding carboxylic acids is 1. The van der Waals surface area contributed by atoms with Crippen LogP contribution in [0.2, 0.25) is 0 Å². The van der Waals surface area contributed by atoms with Crippen LogP contribution in [0.25, 0.3) is 0 Å². The minimum atomic E-state index is 0.307. The van der Waals surface area contributed by atoms with Crippen molar-refractivity contribution in [3.63, 3.8) is 0 Å². The Balaban J connectivity index is 1.99. The van der Waals surface area contributed by atoms with Crippen molar-refractivity contribution in [2.45, 2.75) is 26.2 Å². The zero-order valence-corrected chi connectivity index (χ0v) is 11.1. The highest BCUT2D eigenvalue weighted by Gasteiger charge is 2.09. The Hall–Kier alpha value is -1.35. The summed E-state index contributed by atoms with van der Waals surface area (Å²) in [5, 5.41) is 3.41. The third-order valence-electron chi connectivity index (χ3n) is 3.44. The van der Waals surface area contributed by atoms with Crippen LogP contribution >= 0.6 is 0 Å². The van der Waals surface area contributed by atoms with E-state index in [1.165, 1.54) is 12.1 Å². The van der Waals surface area contributed by atoms with E-state index in [0.717, 1.165) is 31.7 Å². The van der Waals surface area contributed by atoms with E-state index in [1.807, 2.05) is 6.92 Å². The van der Waals surface area contributed by atoms with Crippen LogP contribution in [0, 0.1) is 0 Å².